The van der Waals surface area contributed by atoms with Crippen LogP contribution in [0.4, 0.5) is 5.69 Å². The quantitative estimate of drug-likeness (QED) is 0.319. The van der Waals surface area contributed by atoms with Crippen molar-refractivity contribution in [1.82, 2.24) is 10.2 Å². The first-order valence-electron chi connectivity index (χ1n) is 13.1. The Kier molecular flexibility index (Phi) is 10.6. The molecule has 3 aromatic rings. The first kappa shape index (κ1) is 31.0. The summed E-state index contributed by atoms with van der Waals surface area (Å²) < 4.78 is 34.2. The van der Waals surface area contributed by atoms with Gasteiger partial charge in [-0.05, 0) is 74.7 Å². The monoisotopic (exact) mass is 585 g/mol. The van der Waals surface area contributed by atoms with Gasteiger partial charge in [0.1, 0.15) is 18.3 Å². The standard InChI is InChI=1S/C30H36ClN3O5S/c1-6-28(30(36)32-7-2)33(19-23-9-8-10-25(17-23)39-5)29(35)20-34(24-14-13-22(4)27(31)18-24)40(37,38)26-15-11-21(3)12-16-26/h8-18,28H,6-7,19-20H2,1-5H3,(H,32,36)/t28-/m1/s1. The van der Waals surface area contributed by atoms with Crippen molar-refractivity contribution in [1.29, 1.82) is 0 Å². The fourth-order valence-corrected chi connectivity index (χ4v) is 5.86. The van der Waals surface area contributed by atoms with Crippen LogP contribution in [0.15, 0.2) is 71.6 Å². The fraction of sp³-hybridized carbons (Fsp3) is 0.333. The predicted octanol–water partition coefficient (Wildman–Crippen LogP) is 5.10. The van der Waals surface area contributed by atoms with Gasteiger partial charge in [-0.1, -0.05) is 54.4 Å². The van der Waals surface area contributed by atoms with Crippen LogP contribution in [-0.4, -0.2) is 51.4 Å². The van der Waals surface area contributed by atoms with Gasteiger partial charge < -0.3 is 15.0 Å². The van der Waals surface area contributed by atoms with Gasteiger partial charge in [-0.15, -0.1) is 0 Å². The van der Waals surface area contributed by atoms with Crippen LogP contribution in [0.3, 0.4) is 0 Å². The van der Waals surface area contributed by atoms with Crippen molar-refractivity contribution in [2.45, 2.75) is 51.6 Å². The second-order valence-electron chi connectivity index (χ2n) is 9.45. The van der Waals surface area contributed by atoms with Crippen LogP contribution in [-0.2, 0) is 26.2 Å². The zero-order chi connectivity index (χ0) is 29.4. The van der Waals surface area contributed by atoms with Crippen LogP contribution < -0.4 is 14.4 Å². The average molecular weight is 586 g/mol. The van der Waals surface area contributed by atoms with Crippen LogP contribution in [0, 0.1) is 13.8 Å². The number of sulfonamides is 1. The molecule has 214 valence electrons. The molecule has 0 heterocycles. The summed E-state index contributed by atoms with van der Waals surface area (Å²) in [5.74, 6) is -0.241. The number of likely N-dealkylation sites (N-methyl/N-ethyl adjacent to an activating group) is 1. The molecule has 0 aromatic heterocycles. The molecule has 8 nitrogen and oxygen atoms in total. The number of hydrogen-bond donors (Lipinski definition) is 1. The van der Waals surface area contributed by atoms with E-state index < -0.39 is 28.5 Å². The molecule has 1 atom stereocenters. The maximum absolute atomic E-state index is 14.1. The zero-order valence-corrected chi connectivity index (χ0v) is 25.1. The predicted molar refractivity (Wildman–Crippen MR) is 158 cm³/mol. The van der Waals surface area contributed by atoms with Crippen molar-refractivity contribution >= 4 is 39.1 Å². The van der Waals surface area contributed by atoms with Gasteiger partial charge in [0.25, 0.3) is 10.0 Å². The van der Waals surface area contributed by atoms with Gasteiger partial charge in [0.15, 0.2) is 0 Å². The van der Waals surface area contributed by atoms with E-state index in [0.717, 1.165) is 21.0 Å². The third-order valence-corrected chi connectivity index (χ3v) is 8.75. The molecule has 0 saturated heterocycles. The van der Waals surface area contributed by atoms with E-state index in [1.54, 1.807) is 56.5 Å². The van der Waals surface area contributed by atoms with Crippen LogP contribution in [0.25, 0.3) is 0 Å². The van der Waals surface area contributed by atoms with Gasteiger partial charge in [0.2, 0.25) is 11.8 Å². The molecule has 10 heteroatoms. The van der Waals surface area contributed by atoms with Gasteiger partial charge in [-0.2, -0.15) is 0 Å². The lowest BCUT2D eigenvalue weighted by Crippen LogP contribution is -2.52. The minimum absolute atomic E-state index is 0.0395. The maximum Gasteiger partial charge on any atom is 0.264 e. The molecular weight excluding hydrogens is 550 g/mol. The lowest BCUT2D eigenvalue weighted by molar-refractivity contribution is -0.140. The molecule has 3 aromatic carbocycles. The lowest BCUT2D eigenvalue weighted by Gasteiger charge is -2.33. The highest BCUT2D eigenvalue weighted by atomic mass is 35.5. The van der Waals surface area contributed by atoms with Crippen molar-refractivity contribution in [3.8, 4) is 5.75 Å². The van der Waals surface area contributed by atoms with Gasteiger partial charge in [-0.25, -0.2) is 8.42 Å². The SMILES string of the molecule is CCNC(=O)[C@@H](CC)N(Cc1cccc(OC)c1)C(=O)CN(c1ccc(C)c(Cl)c1)S(=O)(=O)c1ccc(C)cc1. The molecule has 0 spiro atoms. The van der Waals surface area contributed by atoms with Crippen molar-refractivity contribution in [3.63, 3.8) is 0 Å². The summed E-state index contributed by atoms with van der Waals surface area (Å²) in [4.78, 5) is 28.6. The summed E-state index contributed by atoms with van der Waals surface area (Å²) in [5.41, 5.74) is 2.65. The molecule has 1 N–H and O–H groups in total. The summed E-state index contributed by atoms with van der Waals surface area (Å²) in [6, 6.07) is 17.7. The van der Waals surface area contributed by atoms with Crippen LogP contribution >= 0.6 is 11.6 Å². The average Bonchev–Trinajstić information content (AvgIpc) is 2.93. The first-order valence-corrected chi connectivity index (χ1v) is 14.9. The highest BCUT2D eigenvalue weighted by molar-refractivity contribution is 7.92. The van der Waals surface area contributed by atoms with Crippen LogP contribution in [0.2, 0.25) is 5.02 Å². The second-order valence-corrected chi connectivity index (χ2v) is 11.7. The molecule has 0 saturated carbocycles. The van der Waals surface area contributed by atoms with E-state index in [-0.39, 0.29) is 23.0 Å². The largest absolute Gasteiger partial charge is 0.497 e. The molecule has 2 amide bonds. The Morgan fingerprint density at radius 3 is 2.30 bits per heavy atom. The van der Waals surface area contributed by atoms with E-state index in [0.29, 0.717) is 23.7 Å². The summed E-state index contributed by atoms with van der Waals surface area (Å²) in [7, 11) is -2.62. The summed E-state index contributed by atoms with van der Waals surface area (Å²) in [5, 5.41) is 3.16. The molecule has 0 radical (unpaired) electrons. The minimum Gasteiger partial charge on any atom is -0.497 e. The van der Waals surface area contributed by atoms with E-state index in [4.69, 9.17) is 16.3 Å². The van der Waals surface area contributed by atoms with Crippen LogP contribution in [0.5, 0.6) is 5.75 Å². The first-order chi connectivity index (χ1) is 19.0. The lowest BCUT2D eigenvalue weighted by atomic mass is 10.1. The van der Waals surface area contributed by atoms with Crippen molar-refractivity contribution in [2.75, 3.05) is 24.5 Å². The van der Waals surface area contributed by atoms with E-state index in [2.05, 4.69) is 5.32 Å². The molecule has 0 unspecified atom stereocenters. The normalized spacial score (nSPS) is 11.9. The summed E-state index contributed by atoms with van der Waals surface area (Å²) in [6.45, 7) is 7.23. The Bertz CT molecular complexity index is 1440. The van der Waals surface area contributed by atoms with Crippen LogP contribution in [0.1, 0.15) is 37.0 Å². The molecule has 40 heavy (non-hydrogen) atoms. The number of methoxy groups -OCH3 is 1. The van der Waals surface area contributed by atoms with Gasteiger partial charge in [0, 0.05) is 18.1 Å². The topological polar surface area (TPSA) is 96.0 Å². The van der Waals surface area contributed by atoms with E-state index >= 15 is 0 Å². The Hall–Kier alpha value is -3.56. The Balaban J connectivity index is 2.09. The van der Waals surface area contributed by atoms with E-state index in [1.165, 1.54) is 23.1 Å². The number of nitrogens with zero attached hydrogens (tertiary/aromatic N) is 2. The third-order valence-electron chi connectivity index (χ3n) is 6.56. The Labute approximate surface area is 241 Å². The molecule has 3 rings (SSSR count). The minimum atomic E-state index is -4.17. The number of benzene rings is 3. The Morgan fingerprint density at radius 1 is 1.00 bits per heavy atom. The highest BCUT2D eigenvalue weighted by Gasteiger charge is 2.33. The van der Waals surface area contributed by atoms with Crippen molar-refractivity contribution in [3.05, 3.63) is 88.4 Å². The number of halogens is 1. The number of ether oxygens (including phenoxy) is 1. The van der Waals surface area contributed by atoms with Gasteiger partial charge in [0.05, 0.1) is 17.7 Å². The Morgan fingerprint density at radius 2 is 1.70 bits per heavy atom. The second kappa shape index (κ2) is 13.7. The highest BCUT2D eigenvalue weighted by Crippen LogP contribution is 2.29. The summed E-state index contributed by atoms with van der Waals surface area (Å²) >= 11 is 6.38. The van der Waals surface area contributed by atoms with Gasteiger partial charge in [-0.3, -0.25) is 13.9 Å². The molecular formula is C30H36ClN3O5S. The number of rotatable bonds is 12. The zero-order valence-electron chi connectivity index (χ0n) is 23.5. The number of amides is 2. The smallest absolute Gasteiger partial charge is 0.264 e. The van der Waals surface area contributed by atoms with Crippen molar-refractivity contribution in [2.24, 2.45) is 0 Å². The molecule has 0 bridgehead atoms. The summed E-state index contributed by atoms with van der Waals surface area (Å²) in [6.07, 6.45) is 0.336. The molecule has 0 aliphatic heterocycles. The maximum atomic E-state index is 14.1. The number of hydrogen-bond acceptors (Lipinski definition) is 5. The van der Waals surface area contributed by atoms with Gasteiger partial charge >= 0.3 is 0 Å². The van der Waals surface area contributed by atoms with E-state index in [1.807, 2.05) is 26.8 Å². The van der Waals surface area contributed by atoms with Crippen molar-refractivity contribution < 1.29 is 22.7 Å². The number of aryl methyl sites for hydroxylation is 2. The molecule has 0 aliphatic carbocycles. The number of carbonyl (C=O) groups excluding carboxylic acids is 2. The number of nitrogens with one attached hydrogen (secondary N) is 1. The molecule has 0 aliphatic rings. The number of anilines is 1. The van der Waals surface area contributed by atoms with E-state index in [9.17, 15) is 18.0 Å². The molecule has 0 fully saturated rings. The number of carbonyl (C=O) groups is 2. The fourth-order valence-electron chi connectivity index (χ4n) is 4.28. The third kappa shape index (κ3) is 7.34.